The van der Waals surface area contributed by atoms with Crippen LogP contribution in [0.4, 0.5) is 0 Å². The summed E-state index contributed by atoms with van der Waals surface area (Å²) in [7, 11) is 0. The van der Waals surface area contributed by atoms with Crippen LogP contribution < -0.4 is 0 Å². The van der Waals surface area contributed by atoms with Gasteiger partial charge in [-0.25, -0.2) is 0 Å². The van der Waals surface area contributed by atoms with E-state index in [0.29, 0.717) is 43.6 Å². The molecule has 4 aromatic rings. The Hall–Kier alpha value is -3.52. The van der Waals surface area contributed by atoms with Crippen molar-refractivity contribution in [3.63, 3.8) is 0 Å². The van der Waals surface area contributed by atoms with Crippen molar-refractivity contribution < 1.29 is 24.2 Å². The molecule has 7 nitrogen and oxygen atoms in total. The molecule has 9 heteroatoms. The molecule has 0 aliphatic carbocycles. The molecular formula is C31H30Cl2N2O5. The molecule has 0 unspecified atom stereocenters. The summed E-state index contributed by atoms with van der Waals surface area (Å²) < 4.78 is 7.51. The Morgan fingerprint density at radius 3 is 2.20 bits per heavy atom. The molecule has 3 heterocycles. The number of aromatic nitrogens is 2. The second-order valence-electron chi connectivity index (χ2n) is 11.1. The fraction of sp³-hybridized carbons (Fsp3) is 0.290. The van der Waals surface area contributed by atoms with Gasteiger partial charge in [0.15, 0.2) is 5.78 Å². The SMILES string of the molecule is CC(C)(Cc1cc2cc(C(=O)C(C)(C)COCc3ccc(Cl)cn3)ccn2c1C(=O)c1ccc(Cl)cc1)C(=O)O. The molecule has 0 aliphatic heterocycles. The Bertz CT molecular complexity index is 1570. The van der Waals surface area contributed by atoms with E-state index in [-0.39, 0.29) is 31.2 Å². The number of rotatable bonds is 11. The molecule has 0 bridgehead atoms. The van der Waals surface area contributed by atoms with Crippen molar-refractivity contribution in [3.05, 3.63) is 105 Å². The molecule has 0 fully saturated rings. The normalized spacial score (nSPS) is 12.1. The lowest BCUT2D eigenvalue weighted by Gasteiger charge is -2.23. The number of hydrogen-bond acceptors (Lipinski definition) is 5. The first kappa shape index (κ1) is 29.5. The first-order valence-corrected chi connectivity index (χ1v) is 13.4. The van der Waals surface area contributed by atoms with Crippen molar-refractivity contribution >= 4 is 46.3 Å². The lowest BCUT2D eigenvalue weighted by Crippen LogP contribution is -2.30. The van der Waals surface area contributed by atoms with Gasteiger partial charge in [0.05, 0.1) is 40.5 Å². The standard InChI is InChI=1S/C31H30Cl2N2O5/c1-30(2,29(38)39)15-21-14-25-13-20(11-12-35(25)26(21)27(36)19-5-7-22(32)8-6-19)28(37)31(3,4)18-40-17-24-10-9-23(33)16-34-24/h5-14,16H,15,17-18H2,1-4H3,(H,38,39). The van der Waals surface area contributed by atoms with Crippen molar-refractivity contribution in [2.24, 2.45) is 10.8 Å². The van der Waals surface area contributed by atoms with Gasteiger partial charge in [-0.05, 0) is 80.4 Å². The smallest absolute Gasteiger partial charge is 0.309 e. The third-order valence-electron chi connectivity index (χ3n) is 6.76. The molecule has 0 amide bonds. The van der Waals surface area contributed by atoms with Crippen molar-refractivity contribution in [3.8, 4) is 0 Å². The van der Waals surface area contributed by atoms with Crippen molar-refractivity contribution in [1.82, 2.24) is 9.38 Å². The maximum absolute atomic E-state index is 13.6. The molecule has 1 aromatic carbocycles. The third kappa shape index (κ3) is 6.44. The number of halogens is 2. The second-order valence-corrected chi connectivity index (χ2v) is 12.0. The van der Waals surface area contributed by atoms with Gasteiger partial charge in [0.25, 0.3) is 0 Å². The molecule has 4 rings (SSSR count). The Balaban J connectivity index is 1.65. The Morgan fingerprint density at radius 1 is 0.900 bits per heavy atom. The average molecular weight is 581 g/mol. The molecule has 3 aromatic heterocycles. The van der Waals surface area contributed by atoms with Crippen LogP contribution in [0.2, 0.25) is 10.0 Å². The Labute approximate surface area is 242 Å². The zero-order valence-electron chi connectivity index (χ0n) is 22.7. The number of aliphatic carboxylic acids is 1. The predicted octanol–water partition coefficient (Wildman–Crippen LogP) is 6.95. The minimum absolute atomic E-state index is 0.125. The summed E-state index contributed by atoms with van der Waals surface area (Å²) in [6.45, 7) is 7.26. The van der Waals surface area contributed by atoms with Crippen LogP contribution in [0.5, 0.6) is 0 Å². The number of nitrogens with zero attached hydrogens (tertiary/aromatic N) is 2. The fourth-order valence-corrected chi connectivity index (χ4v) is 4.65. The number of benzene rings is 1. The molecule has 40 heavy (non-hydrogen) atoms. The highest BCUT2D eigenvalue weighted by molar-refractivity contribution is 6.31. The first-order chi connectivity index (χ1) is 18.8. The number of pyridine rings is 2. The van der Waals surface area contributed by atoms with Crippen LogP contribution in [0.15, 0.2) is 67.0 Å². The van der Waals surface area contributed by atoms with Crippen molar-refractivity contribution in [1.29, 1.82) is 0 Å². The number of Topliss-reactive ketones (excluding diaryl/α,β-unsaturated/α-hetero) is 1. The van der Waals surface area contributed by atoms with Gasteiger partial charge in [0, 0.05) is 34.1 Å². The maximum atomic E-state index is 13.6. The number of carboxylic acids is 1. The monoisotopic (exact) mass is 580 g/mol. The van der Waals surface area contributed by atoms with Gasteiger partial charge in [-0.2, -0.15) is 0 Å². The molecule has 0 saturated carbocycles. The van der Waals surface area contributed by atoms with E-state index in [4.69, 9.17) is 27.9 Å². The lowest BCUT2D eigenvalue weighted by atomic mass is 9.85. The van der Waals surface area contributed by atoms with Crippen molar-refractivity contribution in [2.75, 3.05) is 6.61 Å². The second kappa shape index (κ2) is 11.5. The highest BCUT2D eigenvalue weighted by Crippen LogP contribution is 2.31. The first-order valence-electron chi connectivity index (χ1n) is 12.7. The van der Waals surface area contributed by atoms with Gasteiger partial charge in [0.1, 0.15) is 0 Å². The van der Waals surface area contributed by atoms with E-state index < -0.39 is 16.8 Å². The van der Waals surface area contributed by atoms with Gasteiger partial charge in [-0.3, -0.25) is 19.4 Å². The van der Waals surface area contributed by atoms with Gasteiger partial charge in [-0.1, -0.05) is 37.0 Å². The quantitative estimate of drug-likeness (QED) is 0.193. The molecule has 0 atom stereocenters. The summed E-state index contributed by atoms with van der Waals surface area (Å²) >= 11 is 11.9. The van der Waals surface area contributed by atoms with E-state index in [1.54, 1.807) is 85.2 Å². The summed E-state index contributed by atoms with van der Waals surface area (Å²) in [6.07, 6.45) is 3.35. The number of carboxylic acid groups (broad SMARTS) is 1. The average Bonchev–Trinajstić information content (AvgIpc) is 3.25. The van der Waals surface area contributed by atoms with E-state index in [0.717, 1.165) is 0 Å². The summed E-state index contributed by atoms with van der Waals surface area (Å²) in [5, 5.41) is 10.8. The number of carbonyl (C=O) groups excluding carboxylic acids is 2. The largest absolute Gasteiger partial charge is 0.481 e. The van der Waals surface area contributed by atoms with Gasteiger partial charge >= 0.3 is 5.97 Å². The van der Waals surface area contributed by atoms with E-state index in [1.807, 2.05) is 13.8 Å². The molecule has 0 saturated heterocycles. The zero-order chi connectivity index (χ0) is 29.2. The molecular weight excluding hydrogens is 551 g/mol. The number of hydrogen-bond donors (Lipinski definition) is 1. The van der Waals surface area contributed by atoms with Crippen LogP contribution in [0.3, 0.4) is 0 Å². The number of carbonyl (C=O) groups is 3. The van der Waals surface area contributed by atoms with Crippen molar-refractivity contribution in [2.45, 2.75) is 40.7 Å². The summed E-state index contributed by atoms with van der Waals surface area (Å²) in [4.78, 5) is 43.3. The lowest BCUT2D eigenvalue weighted by molar-refractivity contribution is -0.146. The van der Waals surface area contributed by atoms with E-state index in [2.05, 4.69) is 4.98 Å². The molecule has 208 valence electrons. The van der Waals surface area contributed by atoms with Gasteiger partial charge < -0.3 is 14.2 Å². The Kier molecular flexibility index (Phi) is 8.49. The van der Waals surface area contributed by atoms with E-state index >= 15 is 0 Å². The highest BCUT2D eigenvalue weighted by atomic mass is 35.5. The van der Waals surface area contributed by atoms with Crippen LogP contribution in [0.1, 0.15) is 65.4 Å². The molecule has 1 N–H and O–H groups in total. The highest BCUT2D eigenvalue weighted by Gasteiger charge is 2.32. The number of ether oxygens (including phenoxy) is 1. The summed E-state index contributed by atoms with van der Waals surface area (Å²) in [5.74, 6) is -1.37. The summed E-state index contributed by atoms with van der Waals surface area (Å²) in [6, 6.07) is 15.2. The number of fused-ring (bicyclic) bond motifs is 1. The van der Waals surface area contributed by atoms with Gasteiger partial charge in [-0.15, -0.1) is 0 Å². The predicted molar refractivity (Wildman–Crippen MR) is 154 cm³/mol. The molecule has 0 radical (unpaired) electrons. The summed E-state index contributed by atoms with van der Waals surface area (Å²) in [5.41, 5.74) is 1.17. The minimum Gasteiger partial charge on any atom is -0.481 e. The maximum Gasteiger partial charge on any atom is 0.309 e. The van der Waals surface area contributed by atoms with Gasteiger partial charge in [0.2, 0.25) is 5.78 Å². The third-order valence-corrected chi connectivity index (χ3v) is 7.24. The van der Waals surface area contributed by atoms with Crippen LogP contribution in [0, 0.1) is 10.8 Å². The molecule has 0 spiro atoms. The van der Waals surface area contributed by atoms with Crippen LogP contribution in [-0.2, 0) is 22.6 Å². The number of ketones is 2. The Morgan fingerprint density at radius 2 is 1.57 bits per heavy atom. The zero-order valence-corrected chi connectivity index (χ0v) is 24.2. The van der Waals surface area contributed by atoms with Crippen LogP contribution >= 0.6 is 23.2 Å². The van der Waals surface area contributed by atoms with E-state index in [1.165, 1.54) is 0 Å². The fourth-order valence-electron chi connectivity index (χ4n) is 4.41. The minimum atomic E-state index is -1.11. The molecule has 0 aliphatic rings. The topological polar surface area (TPSA) is 98.0 Å². The van der Waals surface area contributed by atoms with Crippen LogP contribution in [-0.4, -0.2) is 38.6 Å². The van der Waals surface area contributed by atoms with E-state index in [9.17, 15) is 19.5 Å². The van der Waals surface area contributed by atoms with Crippen LogP contribution in [0.25, 0.3) is 5.52 Å².